The number of pyridine rings is 1. The topological polar surface area (TPSA) is 78.8 Å². The molecular formula is C17H20N6O. The molecule has 3 aromatic heterocycles. The van der Waals surface area contributed by atoms with E-state index in [1.165, 1.54) is 12.6 Å². The summed E-state index contributed by atoms with van der Waals surface area (Å²) in [4.78, 5) is 21.2. The van der Waals surface area contributed by atoms with E-state index in [4.69, 9.17) is 0 Å². The van der Waals surface area contributed by atoms with Gasteiger partial charge in [0.15, 0.2) is 0 Å². The van der Waals surface area contributed by atoms with Crippen LogP contribution in [0, 0.1) is 0 Å². The Morgan fingerprint density at radius 2 is 2.21 bits per heavy atom. The lowest BCUT2D eigenvalue weighted by molar-refractivity contribution is -0.119. The largest absolute Gasteiger partial charge is 0.351 e. The van der Waals surface area contributed by atoms with Gasteiger partial charge in [0.05, 0.1) is 30.2 Å². The van der Waals surface area contributed by atoms with Gasteiger partial charge < -0.3 is 10.3 Å². The first kappa shape index (κ1) is 14.9. The predicted molar refractivity (Wildman–Crippen MR) is 90.0 cm³/mol. The first-order valence-corrected chi connectivity index (χ1v) is 8.13. The van der Waals surface area contributed by atoms with E-state index in [0.29, 0.717) is 6.54 Å². The van der Waals surface area contributed by atoms with Crippen LogP contribution in [0.2, 0.25) is 0 Å². The molecule has 0 spiro atoms. The Hall–Kier alpha value is -2.67. The third-order valence-corrected chi connectivity index (χ3v) is 4.30. The van der Waals surface area contributed by atoms with Crippen LogP contribution in [0.15, 0.2) is 30.5 Å². The first-order valence-electron chi connectivity index (χ1n) is 8.13. The van der Waals surface area contributed by atoms with Gasteiger partial charge in [-0.3, -0.25) is 14.4 Å². The SMILES string of the molecule is CC(=O)NCc1cc2n(n1)CCN(Cc1ccc3cc[nH]c3n1)C2. The molecule has 0 saturated heterocycles. The summed E-state index contributed by atoms with van der Waals surface area (Å²) in [5.41, 5.74) is 4.10. The van der Waals surface area contributed by atoms with Crippen molar-refractivity contribution in [3.05, 3.63) is 47.5 Å². The highest BCUT2D eigenvalue weighted by atomic mass is 16.1. The molecule has 7 heteroatoms. The molecular weight excluding hydrogens is 304 g/mol. The van der Waals surface area contributed by atoms with Gasteiger partial charge in [0.2, 0.25) is 5.91 Å². The molecule has 1 aliphatic rings. The van der Waals surface area contributed by atoms with E-state index in [1.807, 2.05) is 16.9 Å². The monoisotopic (exact) mass is 324 g/mol. The predicted octanol–water partition coefficient (Wildman–Crippen LogP) is 1.41. The number of hydrogen-bond acceptors (Lipinski definition) is 4. The number of aromatic amines is 1. The fraction of sp³-hybridized carbons (Fsp3) is 0.353. The van der Waals surface area contributed by atoms with Crippen molar-refractivity contribution >= 4 is 16.9 Å². The molecule has 0 bridgehead atoms. The highest BCUT2D eigenvalue weighted by Gasteiger charge is 2.19. The number of hydrogen-bond donors (Lipinski definition) is 2. The fourth-order valence-corrected chi connectivity index (χ4v) is 3.10. The van der Waals surface area contributed by atoms with Crippen molar-refractivity contribution in [2.75, 3.05) is 6.54 Å². The standard InChI is InChI=1S/C17H20N6O/c1-12(24)19-9-15-8-16-11-22(6-7-23(16)21-15)10-14-3-2-13-4-5-18-17(13)20-14/h2-5,8H,6-7,9-11H2,1H3,(H,18,20)(H,19,24). The molecule has 0 radical (unpaired) electrons. The van der Waals surface area contributed by atoms with Crippen molar-refractivity contribution in [1.82, 2.24) is 30.0 Å². The molecule has 7 nitrogen and oxygen atoms in total. The Balaban J connectivity index is 1.44. The van der Waals surface area contributed by atoms with Gasteiger partial charge in [-0.2, -0.15) is 5.10 Å². The maximum atomic E-state index is 11.0. The summed E-state index contributed by atoms with van der Waals surface area (Å²) >= 11 is 0. The van der Waals surface area contributed by atoms with Gasteiger partial charge in [-0.1, -0.05) is 0 Å². The number of nitrogens with zero attached hydrogens (tertiary/aromatic N) is 4. The third kappa shape index (κ3) is 3.03. The second-order valence-electron chi connectivity index (χ2n) is 6.19. The summed E-state index contributed by atoms with van der Waals surface area (Å²) in [5.74, 6) is -0.0339. The minimum atomic E-state index is -0.0339. The van der Waals surface area contributed by atoms with E-state index in [0.717, 1.165) is 48.6 Å². The van der Waals surface area contributed by atoms with Crippen LogP contribution >= 0.6 is 0 Å². The van der Waals surface area contributed by atoms with Crippen molar-refractivity contribution in [2.24, 2.45) is 0 Å². The van der Waals surface area contributed by atoms with Gasteiger partial charge in [-0.15, -0.1) is 0 Å². The van der Waals surface area contributed by atoms with Crippen LogP contribution in [0.3, 0.4) is 0 Å². The summed E-state index contributed by atoms with van der Waals surface area (Å²) in [7, 11) is 0. The van der Waals surface area contributed by atoms with Gasteiger partial charge in [-0.25, -0.2) is 4.98 Å². The van der Waals surface area contributed by atoms with Gasteiger partial charge in [0.1, 0.15) is 5.65 Å². The average molecular weight is 324 g/mol. The van der Waals surface area contributed by atoms with E-state index < -0.39 is 0 Å². The summed E-state index contributed by atoms with van der Waals surface area (Å²) in [6.45, 7) is 5.48. The number of amides is 1. The van der Waals surface area contributed by atoms with Crippen LogP contribution in [0.5, 0.6) is 0 Å². The number of carbonyl (C=O) groups excluding carboxylic acids is 1. The summed E-state index contributed by atoms with van der Waals surface area (Å²) in [6, 6.07) is 8.30. The number of carbonyl (C=O) groups is 1. The number of nitrogens with one attached hydrogen (secondary N) is 2. The highest BCUT2D eigenvalue weighted by Crippen LogP contribution is 2.17. The lowest BCUT2D eigenvalue weighted by Gasteiger charge is -2.27. The number of aromatic nitrogens is 4. The van der Waals surface area contributed by atoms with Crippen LogP contribution in [0.25, 0.3) is 11.0 Å². The molecule has 4 heterocycles. The maximum Gasteiger partial charge on any atom is 0.217 e. The van der Waals surface area contributed by atoms with Crippen molar-refractivity contribution in [2.45, 2.75) is 33.1 Å². The lowest BCUT2D eigenvalue weighted by Crippen LogP contribution is -2.33. The number of H-pyrrole nitrogens is 1. The zero-order valence-electron chi connectivity index (χ0n) is 13.6. The van der Waals surface area contributed by atoms with Gasteiger partial charge in [0.25, 0.3) is 0 Å². The quantitative estimate of drug-likeness (QED) is 0.760. The smallest absolute Gasteiger partial charge is 0.217 e. The van der Waals surface area contributed by atoms with Gasteiger partial charge >= 0.3 is 0 Å². The molecule has 0 unspecified atom stereocenters. The van der Waals surface area contributed by atoms with Crippen LogP contribution < -0.4 is 5.32 Å². The molecule has 1 aliphatic heterocycles. The molecule has 4 rings (SSSR count). The molecule has 1 amide bonds. The van der Waals surface area contributed by atoms with E-state index >= 15 is 0 Å². The van der Waals surface area contributed by atoms with Crippen LogP contribution in [-0.4, -0.2) is 37.1 Å². The fourth-order valence-electron chi connectivity index (χ4n) is 3.10. The molecule has 0 saturated carbocycles. The zero-order chi connectivity index (χ0) is 16.5. The Kier molecular flexibility index (Phi) is 3.78. The second kappa shape index (κ2) is 6.09. The lowest BCUT2D eigenvalue weighted by atomic mass is 10.2. The molecule has 0 aliphatic carbocycles. The number of rotatable bonds is 4. The Bertz CT molecular complexity index is 880. The highest BCUT2D eigenvalue weighted by molar-refractivity contribution is 5.75. The first-order chi connectivity index (χ1) is 11.7. The summed E-state index contributed by atoms with van der Waals surface area (Å²) in [6.07, 6.45) is 1.91. The van der Waals surface area contributed by atoms with Crippen molar-refractivity contribution < 1.29 is 4.79 Å². The second-order valence-corrected chi connectivity index (χ2v) is 6.19. The van der Waals surface area contributed by atoms with Crippen LogP contribution in [-0.2, 0) is 31.0 Å². The molecule has 124 valence electrons. The maximum absolute atomic E-state index is 11.0. The third-order valence-electron chi connectivity index (χ3n) is 4.30. The Labute approximate surface area is 139 Å². The minimum absolute atomic E-state index is 0.0339. The van der Waals surface area contributed by atoms with Crippen molar-refractivity contribution in [3.63, 3.8) is 0 Å². The van der Waals surface area contributed by atoms with E-state index in [9.17, 15) is 4.79 Å². The molecule has 24 heavy (non-hydrogen) atoms. The Morgan fingerprint density at radius 1 is 1.29 bits per heavy atom. The van der Waals surface area contributed by atoms with Crippen molar-refractivity contribution in [1.29, 1.82) is 0 Å². The summed E-state index contributed by atoms with van der Waals surface area (Å²) < 4.78 is 2.04. The summed E-state index contributed by atoms with van der Waals surface area (Å²) in [5, 5.41) is 8.48. The van der Waals surface area contributed by atoms with E-state index in [2.05, 4.69) is 43.5 Å². The minimum Gasteiger partial charge on any atom is -0.351 e. The zero-order valence-corrected chi connectivity index (χ0v) is 13.6. The molecule has 2 N–H and O–H groups in total. The van der Waals surface area contributed by atoms with E-state index in [-0.39, 0.29) is 5.91 Å². The van der Waals surface area contributed by atoms with Gasteiger partial charge in [0, 0.05) is 38.1 Å². The van der Waals surface area contributed by atoms with E-state index in [1.54, 1.807) is 0 Å². The Morgan fingerprint density at radius 3 is 3.08 bits per heavy atom. The normalized spacial score (nSPS) is 14.7. The molecule has 3 aromatic rings. The number of fused-ring (bicyclic) bond motifs is 2. The molecule has 0 fully saturated rings. The van der Waals surface area contributed by atoms with Crippen LogP contribution in [0.4, 0.5) is 0 Å². The molecule has 0 atom stereocenters. The van der Waals surface area contributed by atoms with Gasteiger partial charge in [-0.05, 0) is 24.3 Å². The van der Waals surface area contributed by atoms with Crippen molar-refractivity contribution in [3.8, 4) is 0 Å². The van der Waals surface area contributed by atoms with Crippen LogP contribution in [0.1, 0.15) is 24.0 Å². The average Bonchev–Trinajstić information content (AvgIpc) is 3.18. The molecule has 0 aromatic carbocycles.